The van der Waals surface area contributed by atoms with Crippen molar-refractivity contribution in [3.63, 3.8) is 0 Å². The van der Waals surface area contributed by atoms with Gasteiger partial charge in [0.05, 0.1) is 0 Å². The second-order valence-corrected chi connectivity index (χ2v) is 10.5. The number of benzene rings is 1. The Kier molecular flexibility index (Phi) is 3.41. The van der Waals surface area contributed by atoms with Crippen molar-refractivity contribution in [1.82, 2.24) is 0 Å². The number of hydrogen-bond acceptors (Lipinski definition) is 2. The summed E-state index contributed by atoms with van der Waals surface area (Å²) in [5, 5.41) is 0.681. The molecule has 0 atom stereocenters. The Hall–Kier alpha value is -0.830. The molecule has 0 unspecified atom stereocenters. The van der Waals surface area contributed by atoms with Gasteiger partial charge in [-0.25, -0.2) is 0 Å². The van der Waals surface area contributed by atoms with Crippen LogP contribution in [0.5, 0.6) is 0 Å². The summed E-state index contributed by atoms with van der Waals surface area (Å²) >= 11 is 0. The summed E-state index contributed by atoms with van der Waals surface area (Å²) in [6.45, 7) is 1.85. The van der Waals surface area contributed by atoms with E-state index in [1.54, 1.807) is 0 Å². The highest BCUT2D eigenvalue weighted by atomic mass is 32.2. The average Bonchev–Trinajstić information content (AvgIpc) is 2.46. The van der Waals surface area contributed by atoms with Crippen LogP contribution >= 0.6 is 0 Å². The molecule has 4 aliphatic carbocycles. The molecule has 3 heteroatoms. The fourth-order valence-electron chi connectivity index (χ4n) is 5.71. The van der Waals surface area contributed by atoms with Crippen LogP contribution in [0.1, 0.15) is 51.0 Å². The Balaban J connectivity index is 1.60. The van der Waals surface area contributed by atoms with Crippen molar-refractivity contribution >= 4 is 9.84 Å². The van der Waals surface area contributed by atoms with Gasteiger partial charge in [-0.2, -0.15) is 12.2 Å². The van der Waals surface area contributed by atoms with Crippen molar-refractivity contribution in [3.8, 4) is 0 Å². The third kappa shape index (κ3) is 2.24. The maximum absolute atomic E-state index is 13.4. The topological polar surface area (TPSA) is 34.1 Å². The van der Waals surface area contributed by atoms with Crippen LogP contribution < -0.4 is 0 Å². The van der Waals surface area contributed by atoms with Crippen molar-refractivity contribution in [2.24, 2.45) is 17.8 Å². The van der Waals surface area contributed by atoms with Gasteiger partial charge in [0.1, 0.15) is 0 Å². The molecule has 4 fully saturated rings. The Morgan fingerprint density at radius 3 is 2.00 bits per heavy atom. The van der Waals surface area contributed by atoms with Gasteiger partial charge in [0.25, 0.3) is 0 Å². The molecule has 0 N–H and O–H groups in total. The molecule has 0 aromatic heterocycles. The monoisotopic (exact) mass is 317 g/mol. The zero-order valence-corrected chi connectivity index (χ0v) is 14.1. The molecule has 1 aromatic rings. The molecule has 4 bridgehead atoms. The Morgan fingerprint density at radius 2 is 1.50 bits per heavy atom. The van der Waals surface area contributed by atoms with Crippen LogP contribution in [0.4, 0.5) is 0 Å². The maximum atomic E-state index is 13.4. The first-order valence-corrected chi connectivity index (χ1v) is 10.1. The summed E-state index contributed by atoms with van der Waals surface area (Å²) in [7, 11) is -3.14. The molecule has 0 spiro atoms. The second kappa shape index (κ2) is 5.09. The van der Waals surface area contributed by atoms with E-state index in [-0.39, 0.29) is 0 Å². The molecule has 5 rings (SSSR count). The highest BCUT2D eigenvalue weighted by molar-refractivity contribution is 7.95. The van der Waals surface area contributed by atoms with Crippen LogP contribution in [-0.4, -0.2) is 13.2 Å². The van der Waals surface area contributed by atoms with Gasteiger partial charge in [-0.1, -0.05) is 35.9 Å². The molecular formula is C19H25O2S-. The molecule has 0 saturated heterocycles. The van der Waals surface area contributed by atoms with Gasteiger partial charge in [0.2, 0.25) is 0 Å². The summed E-state index contributed by atoms with van der Waals surface area (Å²) in [4.78, 5) is 0. The molecule has 0 heterocycles. The van der Waals surface area contributed by atoms with E-state index in [1.807, 2.05) is 37.3 Å². The lowest BCUT2D eigenvalue weighted by Gasteiger charge is -2.59. The predicted octanol–water partition coefficient (Wildman–Crippen LogP) is 4.16. The smallest absolute Gasteiger partial charge is 0.0448 e. The molecule has 0 aliphatic heterocycles. The summed E-state index contributed by atoms with van der Waals surface area (Å²) in [6.07, 6.45) is 7.20. The van der Waals surface area contributed by atoms with Gasteiger partial charge in [0, 0.05) is 14.6 Å². The second-order valence-electron chi connectivity index (χ2n) is 7.97. The number of rotatable bonds is 4. The highest BCUT2D eigenvalue weighted by Gasteiger charge is 2.55. The van der Waals surface area contributed by atoms with Crippen LogP contribution in [0.25, 0.3) is 0 Å². The predicted molar refractivity (Wildman–Crippen MR) is 88.9 cm³/mol. The van der Waals surface area contributed by atoms with Gasteiger partial charge in [-0.3, -0.25) is 8.42 Å². The molecule has 4 aliphatic rings. The van der Waals surface area contributed by atoms with Crippen LogP contribution in [0.15, 0.2) is 30.3 Å². The third-order valence-corrected chi connectivity index (χ3v) is 9.01. The van der Waals surface area contributed by atoms with E-state index < -0.39 is 14.6 Å². The lowest BCUT2D eigenvalue weighted by Crippen LogP contribution is -2.55. The minimum absolute atomic E-state index is 0.416. The Labute approximate surface area is 134 Å². The zero-order valence-electron chi connectivity index (χ0n) is 13.3. The van der Waals surface area contributed by atoms with Crippen LogP contribution in [-0.2, 0) is 16.3 Å². The lowest BCUT2D eigenvalue weighted by atomic mass is 9.56. The van der Waals surface area contributed by atoms with Crippen molar-refractivity contribution in [1.29, 1.82) is 0 Å². The van der Waals surface area contributed by atoms with Gasteiger partial charge in [0.15, 0.2) is 0 Å². The molecule has 22 heavy (non-hydrogen) atoms. The first-order valence-electron chi connectivity index (χ1n) is 8.59. The maximum Gasteiger partial charge on any atom is 0.0448 e. The largest absolute Gasteiger partial charge is 0.261 e. The first kappa shape index (κ1) is 14.7. The molecule has 120 valence electrons. The minimum Gasteiger partial charge on any atom is -0.261 e. The quantitative estimate of drug-likeness (QED) is 0.781. The number of sulfone groups is 1. The van der Waals surface area contributed by atoms with Crippen molar-refractivity contribution < 1.29 is 8.42 Å². The van der Waals surface area contributed by atoms with Gasteiger partial charge >= 0.3 is 0 Å². The van der Waals surface area contributed by atoms with E-state index >= 15 is 0 Å². The summed E-state index contributed by atoms with van der Waals surface area (Å²) in [6, 6.07) is 10.0. The summed E-state index contributed by atoms with van der Waals surface area (Å²) in [5.41, 5.74) is 1.10. The van der Waals surface area contributed by atoms with Crippen LogP contribution in [0, 0.1) is 23.0 Å². The average molecular weight is 317 g/mol. The Morgan fingerprint density at radius 1 is 1.00 bits per heavy atom. The standard InChI is InChI=1S/C19H25O2S/c1-14(7-15-5-3-2-4-6-15)22(20,21)19-11-16-8-17(12-19)10-18(9-16)13-19/h2-6,16-18H,7-13H2,1H3/q-1. The van der Waals surface area contributed by atoms with Gasteiger partial charge < -0.3 is 0 Å². The molecule has 4 saturated carbocycles. The molecular weight excluding hydrogens is 292 g/mol. The van der Waals surface area contributed by atoms with Gasteiger partial charge in [-0.15, -0.1) is 6.42 Å². The fraction of sp³-hybridized carbons (Fsp3) is 0.632. The highest BCUT2D eigenvalue weighted by Crippen LogP contribution is 2.59. The summed E-state index contributed by atoms with van der Waals surface area (Å²) < 4.78 is 26.3. The zero-order chi connectivity index (χ0) is 15.4. The number of hydrogen-bond donors (Lipinski definition) is 0. The van der Waals surface area contributed by atoms with E-state index in [4.69, 9.17) is 0 Å². The van der Waals surface area contributed by atoms with Crippen LogP contribution in [0.2, 0.25) is 0 Å². The SMILES string of the molecule is C[C-](Cc1ccccc1)S(=O)(=O)C12CC3CC(CC(C3)C1)C2. The van der Waals surface area contributed by atoms with Crippen LogP contribution in [0.3, 0.4) is 0 Å². The van der Waals surface area contributed by atoms with E-state index in [0.29, 0.717) is 29.4 Å². The molecule has 0 radical (unpaired) electrons. The van der Waals surface area contributed by atoms with Crippen molar-refractivity contribution in [2.45, 2.75) is 56.6 Å². The molecule has 1 aromatic carbocycles. The lowest BCUT2D eigenvalue weighted by molar-refractivity contribution is 0.0340. The fourth-order valence-corrected chi connectivity index (χ4v) is 8.17. The minimum atomic E-state index is -3.14. The van der Waals surface area contributed by atoms with E-state index in [2.05, 4.69) is 0 Å². The molecule has 0 amide bonds. The third-order valence-electron chi connectivity index (χ3n) is 6.31. The summed E-state index contributed by atoms with van der Waals surface area (Å²) in [5.74, 6) is 2.02. The van der Waals surface area contributed by atoms with Crippen molar-refractivity contribution in [3.05, 3.63) is 41.1 Å². The van der Waals surface area contributed by atoms with E-state index in [0.717, 1.165) is 24.8 Å². The normalized spacial score (nSPS) is 36.9. The van der Waals surface area contributed by atoms with E-state index in [1.165, 1.54) is 19.3 Å². The van der Waals surface area contributed by atoms with Gasteiger partial charge in [-0.05, 0) is 56.3 Å². The van der Waals surface area contributed by atoms with E-state index in [9.17, 15) is 8.42 Å². The Bertz CT molecular complexity index is 612. The first-order chi connectivity index (χ1) is 10.5. The molecule has 2 nitrogen and oxygen atoms in total. The van der Waals surface area contributed by atoms with Crippen molar-refractivity contribution in [2.75, 3.05) is 0 Å².